The number of halogens is 1. The lowest BCUT2D eigenvalue weighted by atomic mass is 10.1. The molecule has 0 aromatic carbocycles. The molecule has 0 N–H and O–H groups in total. The Morgan fingerprint density at radius 1 is 1.10 bits per heavy atom. The maximum absolute atomic E-state index is 12.9. The lowest BCUT2D eigenvalue weighted by Crippen LogP contribution is -2.37. The second-order valence-corrected chi connectivity index (χ2v) is 5.83. The Kier molecular flexibility index (Phi) is 2.76. The van der Waals surface area contributed by atoms with Crippen LogP contribution in [0.15, 0.2) is 17.9 Å². The van der Waals surface area contributed by atoms with Crippen molar-refractivity contribution in [3.8, 4) is 0 Å². The summed E-state index contributed by atoms with van der Waals surface area (Å²) in [6, 6.07) is 0.806. The normalized spacial score (nSPS) is 25.2. The molecule has 2 aromatic heterocycles. The maximum atomic E-state index is 12.9. The van der Waals surface area contributed by atoms with Crippen LogP contribution in [0.3, 0.4) is 0 Å². The first-order valence-corrected chi connectivity index (χ1v) is 7.48. The summed E-state index contributed by atoms with van der Waals surface area (Å²) in [4.78, 5) is 12.7. The van der Waals surface area contributed by atoms with Gasteiger partial charge in [-0.3, -0.25) is 0 Å². The van der Waals surface area contributed by atoms with Crippen LogP contribution in [-0.4, -0.2) is 45.3 Å². The molecule has 4 heterocycles. The molecule has 0 aliphatic carbocycles. The van der Waals surface area contributed by atoms with Gasteiger partial charge in [0.1, 0.15) is 5.51 Å². The number of aromatic nitrogens is 4. The van der Waals surface area contributed by atoms with Gasteiger partial charge in [0, 0.05) is 13.1 Å². The van der Waals surface area contributed by atoms with Crippen molar-refractivity contribution in [1.29, 1.82) is 0 Å². The highest BCUT2D eigenvalue weighted by Gasteiger charge is 2.44. The molecule has 104 valence electrons. The van der Waals surface area contributed by atoms with Crippen molar-refractivity contribution in [3.63, 3.8) is 0 Å². The summed E-state index contributed by atoms with van der Waals surface area (Å²) in [6.07, 6.45) is 4.55. The summed E-state index contributed by atoms with van der Waals surface area (Å²) >= 11 is 1.57. The van der Waals surface area contributed by atoms with Crippen molar-refractivity contribution in [2.75, 3.05) is 22.9 Å². The van der Waals surface area contributed by atoms with Crippen LogP contribution in [0.1, 0.15) is 12.8 Å². The van der Waals surface area contributed by atoms with Gasteiger partial charge in [-0.25, -0.2) is 14.4 Å². The Labute approximate surface area is 119 Å². The first kappa shape index (κ1) is 12.0. The van der Waals surface area contributed by atoms with Gasteiger partial charge in [-0.1, -0.05) is 11.3 Å². The van der Waals surface area contributed by atoms with E-state index in [-0.39, 0.29) is 0 Å². The number of hydrogen-bond acceptors (Lipinski definition) is 7. The lowest BCUT2D eigenvalue weighted by molar-refractivity contribution is 0.604. The summed E-state index contributed by atoms with van der Waals surface area (Å²) in [6.45, 7) is 1.87. The molecule has 2 saturated heterocycles. The van der Waals surface area contributed by atoms with E-state index in [1.165, 1.54) is 12.4 Å². The summed E-state index contributed by atoms with van der Waals surface area (Å²) in [5, 5.41) is 9.06. The number of nitrogens with zero attached hydrogens (tertiary/aromatic N) is 6. The van der Waals surface area contributed by atoms with Crippen LogP contribution >= 0.6 is 11.3 Å². The summed E-state index contributed by atoms with van der Waals surface area (Å²) in [5.41, 5.74) is 1.76. The van der Waals surface area contributed by atoms with Crippen LogP contribution in [0.5, 0.6) is 0 Å². The largest absolute Gasteiger partial charge is 0.341 e. The Bertz CT molecular complexity index is 589. The van der Waals surface area contributed by atoms with Crippen molar-refractivity contribution in [2.45, 2.75) is 24.9 Å². The van der Waals surface area contributed by atoms with E-state index in [0.717, 1.165) is 31.1 Å². The summed E-state index contributed by atoms with van der Waals surface area (Å²) in [5.74, 6) is 0.226. The number of rotatable bonds is 2. The number of hydrogen-bond donors (Lipinski definition) is 0. The van der Waals surface area contributed by atoms with E-state index in [9.17, 15) is 4.39 Å². The Balaban J connectivity index is 1.58. The average molecular weight is 292 g/mol. The third kappa shape index (κ3) is 1.82. The maximum Gasteiger partial charge on any atom is 0.225 e. The molecule has 2 aliphatic heterocycles. The Morgan fingerprint density at radius 3 is 2.50 bits per heavy atom. The third-order valence-corrected chi connectivity index (χ3v) is 4.76. The minimum absolute atomic E-state index is 0.379. The van der Waals surface area contributed by atoms with Gasteiger partial charge in [0.05, 0.1) is 24.5 Å². The molecule has 2 unspecified atom stereocenters. The highest BCUT2D eigenvalue weighted by Crippen LogP contribution is 2.36. The molecule has 2 atom stereocenters. The first-order chi connectivity index (χ1) is 9.83. The van der Waals surface area contributed by atoms with Gasteiger partial charge in [-0.2, -0.15) is 0 Å². The minimum Gasteiger partial charge on any atom is -0.341 e. The topological polar surface area (TPSA) is 58.0 Å². The molecule has 0 amide bonds. The van der Waals surface area contributed by atoms with Crippen molar-refractivity contribution in [3.05, 3.63) is 23.7 Å². The predicted molar refractivity (Wildman–Crippen MR) is 73.4 cm³/mol. The fourth-order valence-electron chi connectivity index (χ4n) is 3.22. The minimum atomic E-state index is -0.397. The molecule has 6 nitrogen and oxygen atoms in total. The van der Waals surface area contributed by atoms with Gasteiger partial charge in [0.2, 0.25) is 11.1 Å². The van der Waals surface area contributed by atoms with E-state index in [2.05, 4.69) is 30.0 Å². The quantitative estimate of drug-likeness (QED) is 0.832. The van der Waals surface area contributed by atoms with Crippen LogP contribution in [-0.2, 0) is 0 Å². The van der Waals surface area contributed by atoms with E-state index in [0.29, 0.717) is 18.0 Å². The molecule has 0 bridgehead atoms. The van der Waals surface area contributed by atoms with Gasteiger partial charge < -0.3 is 9.80 Å². The Morgan fingerprint density at radius 2 is 1.80 bits per heavy atom. The molecule has 0 saturated carbocycles. The molecular weight excluding hydrogens is 279 g/mol. The fraction of sp³-hybridized carbons (Fsp3) is 0.500. The second kappa shape index (κ2) is 4.62. The zero-order valence-electron chi connectivity index (χ0n) is 10.7. The van der Waals surface area contributed by atoms with Crippen molar-refractivity contribution in [2.24, 2.45) is 0 Å². The molecule has 2 fully saturated rings. The zero-order valence-corrected chi connectivity index (χ0v) is 11.5. The number of fused-ring (bicyclic) bond motifs is 1. The van der Waals surface area contributed by atoms with Crippen molar-refractivity contribution in [1.82, 2.24) is 20.2 Å². The van der Waals surface area contributed by atoms with Crippen LogP contribution in [0, 0.1) is 5.82 Å². The van der Waals surface area contributed by atoms with Crippen LogP contribution < -0.4 is 9.80 Å². The van der Waals surface area contributed by atoms with Gasteiger partial charge >= 0.3 is 0 Å². The molecule has 2 aromatic rings. The van der Waals surface area contributed by atoms with Gasteiger partial charge in [-0.15, -0.1) is 10.2 Å². The highest BCUT2D eigenvalue weighted by atomic mass is 32.1. The van der Waals surface area contributed by atoms with Crippen LogP contribution in [0.2, 0.25) is 0 Å². The zero-order chi connectivity index (χ0) is 13.5. The van der Waals surface area contributed by atoms with Gasteiger partial charge in [-0.05, 0) is 12.8 Å². The van der Waals surface area contributed by atoms with E-state index in [4.69, 9.17) is 0 Å². The van der Waals surface area contributed by atoms with E-state index in [1.807, 2.05) is 0 Å². The molecule has 8 heteroatoms. The second-order valence-electron chi connectivity index (χ2n) is 5.02. The highest BCUT2D eigenvalue weighted by molar-refractivity contribution is 7.13. The van der Waals surface area contributed by atoms with E-state index >= 15 is 0 Å². The molecule has 2 aliphatic rings. The van der Waals surface area contributed by atoms with Crippen LogP contribution in [0.4, 0.5) is 15.5 Å². The first-order valence-electron chi connectivity index (χ1n) is 6.60. The Hall–Kier alpha value is -1.83. The predicted octanol–water partition coefficient (Wildman–Crippen LogP) is 1.32. The van der Waals surface area contributed by atoms with Gasteiger partial charge in [0.15, 0.2) is 5.82 Å². The smallest absolute Gasteiger partial charge is 0.225 e. The van der Waals surface area contributed by atoms with Crippen LogP contribution in [0.25, 0.3) is 0 Å². The van der Waals surface area contributed by atoms with Crippen molar-refractivity contribution >= 4 is 22.4 Å². The average Bonchev–Trinajstić information content (AvgIpc) is 3.16. The summed E-state index contributed by atoms with van der Waals surface area (Å²) < 4.78 is 12.9. The molecule has 0 radical (unpaired) electrons. The molecular formula is C12H13FN6S. The molecule has 20 heavy (non-hydrogen) atoms. The SMILES string of the molecule is Fc1cnc(N2CCC3C2CCN3c2nncs2)nc1. The molecule has 4 rings (SSSR count). The monoisotopic (exact) mass is 292 g/mol. The fourth-order valence-corrected chi connectivity index (χ4v) is 3.86. The standard InChI is InChI=1S/C12H13FN6S/c13-8-5-14-11(15-6-8)18-3-1-10-9(18)2-4-19(10)12-17-16-7-20-12/h5-7,9-10H,1-4H2. The molecule has 0 spiro atoms. The lowest BCUT2D eigenvalue weighted by Gasteiger charge is -2.24. The third-order valence-electron chi connectivity index (χ3n) is 4.03. The van der Waals surface area contributed by atoms with Crippen molar-refractivity contribution < 1.29 is 4.39 Å². The summed E-state index contributed by atoms with van der Waals surface area (Å²) in [7, 11) is 0. The van der Waals surface area contributed by atoms with E-state index in [1.54, 1.807) is 16.8 Å². The number of anilines is 2. The van der Waals surface area contributed by atoms with Gasteiger partial charge in [0.25, 0.3) is 0 Å². The van der Waals surface area contributed by atoms with E-state index < -0.39 is 5.82 Å².